The first-order chi connectivity index (χ1) is 5.67. The number of aliphatic hydroxyl groups is 1. The van der Waals surface area contributed by atoms with E-state index in [4.69, 9.17) is 15.4 Å². The molecule has 1 aliphatic carbocycles. The molecule has 4 nitrogen and oxygen atoms in total. The van der Waals surface area contributed by atoms with Crippen LogP contribution in [0.15, 0.2) is 4.52 Å². The molecule has 1 atom stereocenters. The quantitative estimate of drug-likeness (QED) is 0.622. The van der Waals surface area contributed by atoms with Crippen molar-refractivity contribution in [1.82, 2.24) is 5.16 Å². The Morgan fingerprint density at radius 2 is 2.50 bits per heavy atom. The molecule has 0 saturated carbocycles. The van der Waals surface area contributed by atoms with E-state index in [0.717, 1.165) is 29.9 Å². The second-order valence-electron chi connectivity index (χ2n) is 3.38. The molecular weight excluding hydrogens is 156 g/mol. The van der Waals surface area contributed by atoms with Crippen molar-refractivity contribution in [3.05, 3.63) is 17.0 Å². The Bertz CT molecular complexity index is 308. The van der Waals surface area contributed by atoms with Crippen molar-refractivity contribution in [1.29, 1.82) is 0 Å². The molecule has 0 saturated heterocycles. The topological polar surface area (TPSA) is 72.3 Å². The van der Waals surface area contributed by atoms with Gasteiger partial charge in [-0.05, 0) is 13.3 Å². The summed E-state index contributed by atoms with van der Waals surface area (Å²) < 4.78 is 5.06. The van der Waals surface area contributed by atoms with Crippen LogP contribution in [0.1, 0.15) is 23.4 Å². The van der Waals surface area contributed by atoms with Crippen LogP contribution in [-0.2, 0) is 12.0 Å². The number of nitrogens with two attached hydrogens (primary N) is 1. The SMILES string of the molecule is Cc1noc2c1C(N)(CO)CC2. The van der Waals surface area contributed by atoms with E-state index < -0.39 is 5.54 Å². The van der Waals surface area contributed by atoms with Gasteiger partial charge in [-0.1, -0.05) is 5.16 Å². The van der Waals surface area contributed by atoms with Crippen LogP contribution >= 0.6 is 0 Å². The molecule has 3 N–H and O–H groups in total. The van der Waals surface area contributed by atoms with E-state index in [1.54, 1.807) is 0 Å². The van der Waals surface area contributed by atoms with Crippen LogP contribution < -0.4 is 5.73 Å². The standard InChI is InChI=1S/C8H12N2O2/c1-5-7-6(12-10-5)2-3-8(7,9)4-11/h11H,2-4,9H2,1H3. The highest BCUT2D eigenvalue weighted by Crippen LogP contribution is 2.36. The van der Waals surface area contributed by atoms with Gasteiger partial charge in [-0.25, -0.2) is 0 Å². The predicted octanol–water partition coefficient (Wildman–Crippen LogP) is 0.0755. The molecule has 0 amide bonds. The van der Waals surface area contributed by atoms with E-state index in [9.17, 15) is 0 Å². The van der Waals surface area contributed by atoms with E-state index in [-0.39, 0.29) is 6.61 Å². The molecule has 0 radical (unpaired) electrons. The number of fused-ring (bicyclic) bond motifs is 1. The van der Waals surface area contributed by atoms with Crippen LogP contribution in [-0.4, -0.2) is 16.9 Å². The average molecular weight is 168 g/mol. The zero-order chi connectivity index (χ0) is 8.77. The van der Waals surface area contributed by atoms with Gasteiger partial charge in [-0.15, -0.1) is 0 Å². The molecule has 0 bridgehead atoms. The fourth-order valence-electron chi connectivity index (χ4n) is 1.84. The highest BCUT2D eigenvalue weighted by molar-refractivity contribution is 5.35. The van der Waals surface area contributed by atoms with Crippen molar-refractivity contribution in [2.45, 2.75) is 25.3 Å². The lowest BCUT2D eigenvalue weighted by molar-refractivity contribution is 0.195. The molecule has 12 heavy (non-hydrogen) atoms. The largest absolute Gasteiger partial charge is 0.394 e. The van der Waals surface area contributed by atoms with Gasteiger partial charge in [0.05, 0.1) is 17.8 Å². The lowest BCUT2D eigenvalue weighted by Crippen LogP contribution is -2.38. The Hall–Kier alpha value is -0.870. The Morgan fingerprint density at radius 1 is 1.75 bits per heavy atom. The third kappa shape index (κ3) is 0.820. The number of hydrogen-bond acceptors (Lipinski definition) is 4. The summed E-state index contributed by atoms with van der Waals surface area (Å²) >= 11 is 0. The second kappa shape index (κ2) is 2.31. The van der Waals surface area contributed by atoms with Gasteiger partial charge in [0, 0.05) is 12.0 Å². The molecule has 1 unspecified atom stereocenters. The smallest absolute Gasteiger partial charge is 0.142 e. The minimum Gasteiger partial charge on any atom is -0.394 e. The van der Waals surface area contributed by atoms with E-state index in [0.29, 0.717) is 0 Å². The molecular formula is C8H12N2O2. The van der Waals surface area contributed by atoms with Crippen molar-refractivity contribution in [3.8, 4) is 0 Å². The molecule has 1 aromatic heterocycles. The fourth-order valence-corrected chi connectivity index (χ4v) is 1.84. The molecule has 2 rings (SSSR count). The minimum absolute atomic E-state index is 0.0396. The number of aromatic nitrogens is 1. The lowest BCUT2D eigenvalue weighted by Gasteiger charge is -2.20. The van der Waals surface area contributed by atoms with Gasteiger partial charge in [0.2, 0.25) is 0 Å². The summed E-state index contributed by atoms with van der Waals surface area (Å²) in [5.41, 5.74) is 7.07. The Balaban J connectivity index is 2.53. The summed E-state index contributed by atoms with van der Waals surface area (Å²) in [5.74, 6) is 0.837. The van der Waals surface area contributed by atoms with Crippen LogP contribution in [0, 0.1) is 6.92 Å². The van der Waals surface area contributed by atoms with Gasteiger partial charge in [-0.3, -0.25) is 0 Å². The molecule has 1 aliphatic rings. The molecule has 4 heteroatoms. The maximum absolute atomic E-state index is 9.12. The zero-order valence-corrected chi connectivity index (χ0v) is 7.00. The molecule has 0 spiro atoms. The Kier molecular flexibility index (Phi) is 1.49. The fraction of sp³-hybridized carbons (Fsp3) is 0.625. The normalized spacial score (nSPS) is 27.6. The number of nitrogens with zero attached hydrogens (tertiary/aromatic N) is 1. The average Bonchev–Trinajstić information content (AvgIpc) is 2.57. The van der Waals surface area contributed by atoms with Crippen LogP contribution in [0.4, 0.5) is 0 Å². The van der Waals surface area contributed by atoms with Crippen molar-refractivity contribution >= 4 is 0 Å². The van der Waals surface area contributed by atoms with Crippen molar-refractivity contribution in [3.63, 3.8) is 0 Å². The molecule has 1 heterocycles. The van der Waals surface area contributed by atoms with Gasteiger partial charge >= 0.3 is 0 Å². The lowest BCUT2D eigenvalue weighted by atomic mass is 9.94. The van der Waals surface area contributed by atoms with Crippen molar-refractivity contribution in [2.24, 2.45) is 5.73 Å². The van der Waals surface area contributed by atoms with Gasteiger partial charge in [-0.2, -0.15) is 0 Å². The number of hydrogen-bond donors (Lipinski definition) is 2. The van der Waals surface area contributed by atoms with E-state index in [2.05, 4.69) is 5.16 Å². The minimum atomic E-state index is -0.612. The monoisotopic (exact) mass is 168 g/mol. The second-order valence-corrected chi connectivity index (χ2v) is 3.38. The van der Waals surface area contributed by atoms with Gasteiger partial charge in [0.25, 0.3) is 0 Å². The number of rotatable bonds is 1. The Morgan fingerprint density at radius 3 is 3.17 bits per heavy atom. The molecule has 0 aromatic carbocycles. The summed E-state index contributed by atoms with van der Waals surface area (Å²) in [4.78, 5) is 0. The maximum Gasteiger partial charge on any atom is 0.142 e. The van der Waals surface area contributed by atoms with E-state index in [1.165, 1.54) is 0 Å². The summed E-state index contributed by atoms with van der Waals surface area (Å²) in [7, 11) is 0. The summed E-state index contributed by atoms with van der Waals surface area (Å²) in [6.07, 6.45) is 1.54. The molecule has 66 valence electrons. The highest BCUT2D eigenvalue weighted by atomic mass is 16.5. The first-order valence-electron chi connectivity index (χ1n) is 4.03. The van der Waals surface area contributed by atoms with E-state index in [1.807, 2.05) is 6.92 Å². The third-order valence-electron chi connectivity index (χ3n) is 2.51. The van der Waals surface area contributed by atoms with Crippen LogP contribution in [0.5, 0.6) is 0 Å². The highest BCUT2D eigenvalue weighted by Gasteiger charge is 2.39. The van der Waals surface area contributed by atoms with Gasteiger partial charge < -0.3 is 15.4 Å². The summed E-state index contributed by atoms with van der Waals surface area (Å²) in [6, 6.07) is 0. The summed E-state index contributed by atoms with van der Waals surface area (Å²) in [5, 5.41) is 12.9. The zero-order valence-electron chi connectivity index (χ0n) is 7.00. The number of aliphatic hydroxyl groups excluding tert-OH is 1. The first-order valence-corrected chi connectivity index (χ1v) is 4.03. The van der Waals surface area contributed by atoms with E-state index >= 15 is 0 Å². The number of aryl methyl sites for hydroxylation is 2. The van der Waals surface area contributed by atoms with Crippen molar-refractivity contribution < 1.29 is 9.63 Å². The van der Waals surface area contributed by atoms with Crippen LogP contribution in [0.25, 0.3) is 0 Å². The molecule has 1 aromatic rings. The van der Waals surface area contributed by atoms with Gasteiger partial charge in [0.15, 0.2) is 0 Å². The van der Waals surface area contributed by atoms with Crippen LogP contribution in [0.2, 0.25) is 0 Å². The predicted molar refractivity (Wildman–Crippen MR) is 42.5 cm³/mol. The summed E-state index contributed by atoms with van der Waals surface area (Å²) in [6.45, 7) is 1.81. The third-order valence-corrected chi connectivity index (χ3v) is 2.51. The van der Waals surface area contributed by atoms with Gasteiger partial charge in [0.1, 0.15) is 5.76 Å². The van der Waals surface area contributed by atoms with Crippen LogP contribution in [0.3, 0.4) is 0 Å². The maximum atomic E-state index is 9.12. The first kappa shape index (κ1) is 7.76. The molecule has 0 aliphatic heterocycles. The molecule has 0 fully saturated rings. The van der Waals surface area contributed by atoms with Crippen molar-refractivity contribution in [2.75, 3.05) is 6.61 Å². The Labute approximate surface area is 70.3 Å².